The molecule has 19 heavy (non-hydrogen) atoms. The van der Waals surface area contributed by atoms with Crippen molar-refractivity contribution in [2.75, 3.05) is 7.05 Å². The Kier molecular flexibility index (Phi) is 3.98. The van der Waals surface area contributed by atoms with Crippen molar-refractivity contribution in [2.24, 2.45) is 0 Å². The highest BCUT2D eigenvalue weighted by Gasteiger charge is 2.14. The van der Waals surface area contributed by atoms with Gasteiger partial charge in [0.2, 0.25) is 0 Å². The largest absolute Gasteiger partial charge is 0.313 e. The number of nitrogens with one attached hydrogen (secondary N) is 1. The van der Waals surface area contributed by atoms with Crippen molar-refractivity contribution < 1.29 is 0 Å². The van der Waals surface area contributed by atoms with Crippen molar-refractivity contribution in [3.8, 4) is 0 Å². The Morgan fingerprint density at radius 1 is 1.37 bits per heavy atom. The number of para-hydroxylation sites is 1. The maximum Gasteiger partial charge on any atom is 0.0957 e. The first kappa shape index (κ1) is 13.2. The minimum atomic E-state index is 0.322. The van der Waals surface area contributed by atoms with E-state index in [1.807, 2.05) is 13.1 Å². The predicted molar refractivity (Wildman–Crippen MR) is 87.1 cm³/mol. The lowest BCUT2D eigenvalue weighted by atomic mass is 10.1. The molecule has 0 bridgehead atoms. The number of fused-ring (bicyclic) bond motifs is 1. The molecule has 1 aromatic carbocycles. The first-order valence-electron chi connectivity index (χ1n) is 6.02. The van der Waals surface area contributed by atoms with Gasteiger partial charge in [-0.25, -0.2) is 4.98 Å². The van der Waals surface area contributed by atoms with Gasteiger partial charge in [0, 0.05) is 12.5 Å². The van der Waals surface area contributed by atoms with E-state index in [9.17, 15) is 0 Å². The van der Waals surface area contributed by atoms with Crippen LogP contribution in [-0.2, 0) is 6.42 Å². The third kappa shape index (κ3) is 2.89. The van der Waals surface area contributed by atoms with Gasteiger partial charge in [0.1, 0.15) is 0 Å². The average molecular weight is 353 g/mol. The molecule has 0 aliphatic carbocycles. The number of thiazole rings is 1. The summed E-state index contributed by atoms with van der Waals surface area (Å²) in [7, 11) is 2.00. The Bertz CT molecular complexity index is 656. The van der Waals surface area contributed by atoms with Crippen LogP contribution in [0.3, 0.4) is 0 Å². The normalized spacial score (nSPS) is 12.9. The second kappa shape index (κ2) is 5.71. The van der Waals surface area contributed by atoms with E-state index in [0.29, 0.717) is 6.04 Å². The number of thiophene rings is 1. The monoisotopic (exact) mass is 352 g/mol. The molecule has 2 aromatic heterocycles. The molecule has 0 aliphatic rings. The van der Waals surface area contributed by atoms with Crippen LogP contribution in [0.25, 0.3) is 10.2 Å². The van der Waals surface area contributed by atoms with Gasteiger partial charge in [-0.3, -0.25) is 0 Å². The van der Waals surface area contributed by atoms with Gasteiger partial charge in [0.15, 0.2) is 0 Å². The van der Waals surface area contributed by atoms with Gasteiger partial charge < -0.3 is 5.32 Å². The predicted octanol–water partition coefficient (Wildman–Crippen LogP) is 4.62. The maximum absolute atomic E-state index is 4.70. The van der Waals surface area contributed by atoms with Gasteiger partial charge in [0.05, 0.1) is 19.0 Å². The number of halogens is 1. The average Bonchev–Trinajstić information content (AvgIpc) is 3.01. The Hall–Kier alpha value is -0.750. The van der Waals surface area contributed by atoms with Crippen molar-refractivity contribution >= 4 is 48.8 Å². The fourth-order valence-corrected chi connectivity index (χ4v) is 4.32. The van der Waals surface area contributed by atoms with Crippen LogP contribution in [-0.4, -0.2) is 12.0 Å². The van der Waals surface area contributed by atoms with Gasteiger partial charge in [-0.15, -0.1) is 22.7 Å². The van der Waals surface area contributed by atoms with E-state index in [-0.39, 0.29) is 0 Å². The summed E-state index contributed by atoms with van der Waals surface area (Å²) in [5, 5.41) is 6.75. The van der Waals surface area contributed by atoms with Crippen LogP contribution in [0.1, 0.15) is 16.6 Å². The molecule has 0 aliphatic heterocycles. The minimum Gasteiger partial charge on any atom is -0.313 e. The summed E-state index contributed by atoms with van der Waals surface area (Å²) in [4.78, 5) is 4.70. The summed E-state index contributed by atoms with van der Waals surface area (Å²) in [5.74, 6) is 0. The Labute approximate surface area is 128 Å². The van der Waals surface area contributed by atoms with Gasteiger partial charge in [-0.05, 0) is 52.1 Å². The molecule has 3 rings (SSSR count). The van der Waals surface area contributed by atoms with E-state index in [1.54, 1.807) is 22.7 Å². The zero-order chi connectivity index (χ0) is 13.2. The molecule has 2 heterocycles. The maximum atomic E-state index is 4.70. The fraction of sp³-hybridized carbons (Fsp3) is 0.214. The van der Waals surface area contributed by atoms with Crippen molar-refractivity contribution in [3.63, 3.8) is 0 Å². The first-order valence-corrected chi connectivity index (χ1v) is 8.51. The standard InChI is InChI=1S/C14H13BrN2S2/c1-16-11(9-6-13(15)18-8-9)7-14-17-10-4-2-3-5-12(10)19-14/h2-6,8,11,16H,7H2,1H3. The summed E-state index contributed by atoms with van der Waals surface area (Å²) in [5.41, 5.74) is 2.42. The summed E-state index contributed by atoms with van der Waals surface area (Å²) >= 11 is 7.03. The van der Waals surface area contributed by atoms with Crippen molar-refractivity contribution in [1.82, 2.24) is 10.3 Å². The molecular formula is C14H13BrN2S2. The van der Waals surface area contributed by atoms with Gasteiger partial charge in [-0.1, -0.05) is 12.1 Å². The van der Waals surface area contributed by atoms with Crippen molar-refractivity contribution in [2.45, 2.75) is 12.5 Å². The Balaban J connectivity index is 1.86. The third-order valence-corrected chi connectivity index (χ3v) is 5.64. The number of rotatable bonds is 4. The zero-order valence-corrected chi connectivity index (χ0v) is 13.6. The quantitative estimate of drug-likeness (QED) is 0.740. The fourth-order valence-electron chi connectivity index (χ4n) is 2.07. The van der Waals surface area contributed by atoms with Crippen LogP contribution < -0.4 is 5.32 Å². The van der Waals surface area contributed by atoms with Crippen LogP contribution in [0.4, 0.5) is 0 Å². The lowest BCUT2D eigenvalue weighted by Gasteiger charge is -2.12. The minimum absolute atomic E-state index is 0.322. The van der Waals surface area contributed by atoms with Gasteiger partial charge in [-0.2, -0.15) is 0 Å². The molecular weight excluding hydrogens is 340 g/mol. The molecule has 0 saturated heterocycles. The molecule has 2 nitrogen and oxygen atoms in total. The first-order chi connectivity index (χ1) is 9.26. The number of benzene rings is 1. The van der Waals surface area contributed by atoms with Crippen LogP contribution in [0.2, 0.25) is 0 Å². The Morgan fingerprint density at radius 2 is 2.21 bits per heavy atom. The summed E-state index contributed by atoms with van der Waals surface area (Å²) < 4.78 is 2.44. The van der Waals surface area contributed by atoms with Gasteiger partial charge in [0.25, 0.3) is 0 Å². The van der Waals surface area contributed by atoms with E-state index in [2.05, 4.69) is 50.9 Å². The SMILES string of the molecule is CNC(Cc1nc2ccccc2s1)c1csc(Br)c1. The smallest absolute Gasteiger partial charge is 0.0957 e. The molecule has 3 aromatic rings. The molecule has 0 radical (unpaired) electrons. The molecule has 1 unspecified atom stereocenters. The van der Waals surface area contributed by atoms with Crippen LogP contribution in [0.15, 0.2) is 39.5 Å². The van der Waals surface area contributed by atoms with Crippen LogP contribution >= 0.6 is 38.6 Å². The van der Waals surface area contributed by atoms with Gasteiger partial charge >= 0.3 is 0 Å². The number of likely N-dealkylation sites (N-methyl/N-ethyl adjacent to an activating group) is 1. The third-order valence-electron chi connectivity index (χ3n) is 3.06. The molecule has 0 saturated carbocycles. The molecule has 5 heteroatoms. The molecule has 0 fully saturated rings. The summed E-state index contributed by atoms with van der Waals surface area (Å²) in [6.07, 6.45) is 0.930. The van der Waals surface area contributed by atoms with E-state index < -0.39 is 0 Å². The van der Waals surface area contributed by atoms with E-state index in [1.165, 1.54) is 19.1 Å². The van der Waals surface area contributed by atoms with E-state index >= 15 is 0 Å². The molecule has 1 N–H and O–H groups in total. The summed E-state index contributed by atoms with van der Waals surface area (Å²) in [6.45, 7) is 0. The van der Waals surface area contributed by atoms with Crippen molar-refractivity contribution in [1.29, 1.82) is 0 Å². The molecule has 1 atom stereocenters. The number of hydrogen-bond donors (Lipinski definition) is 1. The highest BCUT2D eigenvalue weighted by molar-refractivity contribution is 9.11. The van der Waals surface area contributed by atoms with E-state index in [4.69, 9.17) is 4.98 Å². The van der Waals surface area contributed by atoms with Crippen LogP contribution in [0.5, 0.6) is 0 Å². The van der Waals surface area contributed by atoms with E-state index in [0.717, 1.165) is 11.9 Å². The summed E-state index contributed by atoms with van der Waals surface area (Å²) in [6, 6.07) is 10.8. The second-order valence-corrected chi connectivity index (χ2v) is 7.71. The lowest BCUT2D eigenvalue weighted by Crippen LogP contribution is -2.18. The number of aromatic nitrogens is 1. The molecule has 0 spiro atoms. The lowest BCUT2D eigenvalue weighted by molar-refractivity contribution is 0.592. The highest BCUT2D eigenvalue weighted by atomic mass is 79.9. The molecule has 0 amide bonds. The number of hydrogen-bond acceptors (Lipinski definition) is 4. The zero-order valence-electron chi connectivity index (χ0n) is 10.4. The topological polar surface area (TPSA) is 24.9 Å². The highest BCUT2D eigenvalue weighted by Crippen LogP contribution is 2.29. The Morgan fingerprint density at radius 3 is 2.89 bits per heavy atom. The second-order valence-electron chi connectivity index (χ2n) is 4.30. The van der Waals surface area contributed by atoms with Crippen molar-refractivity contribution in [3.05, 3.63) is 50.1 Å². The molecule has 98 valence electrons. The van der Waals surface area contributed by atoms with Crippen LogP contribution in [0, 0.1) is 0 Å². The number of nitrogens with zero attached hydrogens (tertiary/aromatic N) is 1.